The third-order valence-electron chi connectivity index (χ3n) is 5.33. The van der Waals surface area contributed by atoms with E-state index in [-0.39, 0.29) is 11.8 Å². The Morgan fingerprint density at radius 2 is 1.68 bits per heavy atom. The molecule has 0 radical (unpaired) electrons. The molecular weight excluding hydrogens is 432 g/mol. The highest BCUT2D eigenvalue weighted by molar-refractivity contribution is 7.17. The van der Waals surface area contributed by atoms with E-state index in [1.807, 2.05) is 6.07 Å². The maximum absolute atomic E-state index is 13.3. The molecule has 0 fully saturated rings. The van der Waals surface area contributed by atoms with E-state index in [1.165, 1.54) is 23.3 Å². The van der Waals surface area contributed by atoms with Crippen molar-refractivity contribution in [1.82, 2.24) is 0 Å². The number of benzene rings is 2. The van der Waals surface area contributed by atoms with Crippen molar-refractivity contribution in [2.45, 2.75) is 32.1 Å². The lowest BCUT2D eigenvalue weighted by Gasteiger charge is -2.11. The van der Waals surface area contributed by atoms with Gasteiger partial charge in [-0.15, -0.1) is 11.3 Å². The lowest BCUT2D eigenvalue weighted by atomic mass is 10.0. The van der Waals surface area contributed by atoms with Crippen molar-refractivity contribution >= 4 is 45.4 Å². The number of anilines is 2. The number of hydrogen-bond acceptors (Lipinski definition) is 4. The van der Waals surface area contributed by atoms with Crippen molar-refractivity contribution in [2.75, 3.05) is 17.7 Å². The molecule has 160 valence electrons. The molecule has 31 heavy (non-hydrogen) atoms. The van der Waals surface area contributed by atoms with E-state index in [1.54, 1.807) is 42.5 Å². The first kappa shape index (κ1) is 21.4. The van der Waals surface area contributed by atoms with Gasteiger partial charge in [-0.1, -0.05) is 30.2 Å². The van der Waals surface area contributed by atoms with Gasteiger partial charge < -0.3 is 15.4 Å². The molecule has 2 amide bonds. The summed E-state index contributed by atoms with van der Waals surface area (Å²) in [6, 6.07) is 14.0. The van der Waals surface area contributed by atoms with Crippen LogP contribution in [0.4, 0.5) is 10.7 Å². The Balaban J connectivity index is 1.68. The highest BCUT2D eigenvalue weighted by Gasteiger charge is 2.26. The van der Waals surface area contributed by atoms with E-state index >= 15 is 0 Å². The fraction of sp³-hybridized carbons (Fsp3) is 0.250. The molecule has 0 saturated carbocycles. The second kappa shape index (κ2) is 9.54. The van der Waals surface area contributed by atoms with E-state index in [9.17, 15) is 9.59 Å². The zero-order valence-corrected chi connectivity index (χ0v) is 18.7. The van der Waals surface area contributed by atoms with Crippen molar-refractivity contribution < 1.29 is 14.3 Å². The largest absolute Gasteiger partial charge is 0.496 e. The van der Waals surface area contributed by atoms with Crippen molar-refractivity contribution in [3.8, 4) is 5.75 Å². The summed E-state index contributed by atoms with van der Waals surface area (Å²) in [5, 5.41) is 7.11. The summed E-state index contributed by atoms with van der Waals surface area (Å²) in [6.45, 7) is 0. The van der Waals surface area contributed by atoms with Crippen LogP contribution in [-0.2, 0) is 12.8 Å². The average Bonchev–Trinajstić information content (AvgIpc) is 2.95. The van der Waals surface area contributed by atoms with Crippen LogP contribution >= 0.6 is 22.9 Å². The third-order valence-corrected chi connectivity index (χ3v) is 6.79. The molecule has 2 N–H and O–H groups in total. The van der Waals surface area contributed by atoms with Gasteiger partial charge in [0.2, 0.25) is 0 Å². The maximum atomic E-state index is 13.3. The summed E-state index contributed by atoms with van der Waals surface area (Å²) < 4.78 is 5.32. The lowest BCUT2D eigenvalue weighted by Crippen LogP contribution is -2.18. The lowest BCUT2D eigenvalue weighted by molar-refractivity contribution is 0.102. The van der Waals surface area contributed by atoms with Gasteiger partial charge >= 0.3 is 0 Å². The van der Waals surface area contributed by atoms with Gasteiger partial charge in [-0.25, -0.2) is 0 Å². The minimum Gasteiger partial charge on any atom is -0.496 e. The van der Waals surface area contributed by atoms with Gasteiger partial charge in [0, 0.05) is 15.6 Å². The number of methoxy groups -OCH3 is 1. The predicted molar refractivity (Wildman–Crippen MR) is 126 cm³/mol. The number of amides is 2. The molecule has 4 rings (SSSR count). The van der Waals surface area contributed by atoms with Crippen molar-refractivity contribution in [3.05, 3.63) is 75.1 Å². The van der Waals surface area contributed by atoms with E-state index in [2.05, 4.69) is 10.6 Å². The van der Waals surface area contributed by atoms with Crippen LogP contribution in [0.5, 0.6) is 5.75 Å². The Morgan fingerprint density at radius 1 is 0.935 bits per heavy atom. The van der Waals surface area contributed by atoms with Gasteiger partial charge in [0.15, 0.2) is 0 Å². The normalized spacial score (nSPS) is 13.1. The minimum atomic E-state index is -0.297. The summed E-state index contributed by atoms with van der Waals surface area (Å²) in [4.78, 5) is 27.5. The molecule has 1 aromatic heterocycles. The van der Waals surface area contributed by atoms with Gasteiger partial charge in [-0.2, -0.15) is 0 Å². The van der Waals surface area contributed by atoms with Gasteiger partial charge in [0.05, 0.1) is 18.2 Å². The number of ether oxygens (including phenoxy) is 1. The van der Waals surface area contributed by atoms with E-state index < -0.39 is 0 Å². The molecule has 0 saturated heterocycles. The Hall–Kier alpha value is -2.83. The zero-order chi connectivity index (χ0) is 21.8. The van der Waals surface area contributed by atoms with Gasteiger partial charge in [-0.3, -0.25) is 9.59 Å². The number of thiophene rings is 1. The van der Waals surface area contributed by atoms with E-state index in [0.717, 1.165) is 37.7 Å². The smallest absolute Gasteiger partial charge is 0.260 e. The molecule has 0 aliphatic heterocycles. The van der Waals surface area contributed by atoms with Crippen LogP contribution in [0.1, 0.15) is 50.4 Å². The summed E-state index contributed by atoms with van der Waals surface area (Å²) in [6.07, 6.45) is 5.02. The molecule has 5 nitrogen and oxygen atoms in total. The first-order valence-corrected chi connectivity index (χ1v) is 11.4. The molecule has 7 heteroatoms. The molecule has 2 aromatic carbocycles. The Kier molecular flexibility index (Phi) is 6.59. The molecule has 1 heterocycles. The Morgan fingerprint density at radius 3 is 2.45 bits per heavy atom. The third kappa shape index (κ3) is 4.75. The minimum absolute atomic E-state index is 0.225. The van der Waals surface area contributed by atoms with Crippen LogP contribution in [0.15, 0.2) is 48.5 Å². The van der Waals surface area contributed by atoms with Crippen LogP contribution in [0.3, 0.4) is 0 Å². The van der Waals surface area contributed by atoms with Gasteiger partial charge in [0.25, 0.3) is 11.8 Å². The van der Waals surface area contributed by atoms with Crippen molar-refractivity contribution in [1.29, 1.82) is 0 Å². The second-order valence-corrected chi connectivity index (χ2v) is 8.93. The van der Waals surface area contributed by atoms with Gasteiger partial charge in [-0.05, 0) is 67.6 Å². The molecule has 3 aromatic rings. The second-order valence-electron chi connectivity index (χ2n) is 7.38. The van der Waals surface area contributed by atoms with Gasteiger partial charge in [0.1, 0.15) is 10.8 Å². The molecule has 0 spiro atoms. The first-order valence-electron chi connectivity index (χ1n) is 10.2. The molecular formula is C24H23ClN2O3S. The highest BCUT2D eigenvalue weighted by atomic mass is 35.5. The number of hydrogen-bond donors (Lipinski definition) is 2. The number of carbonyl (C=O) groups is 2. The number of carbonyl (C=O) groups excluding carboxylic acids is 2. The molecule has 1 aliphatic carbocycles. The fourth-order valence-electron chi connectivity index (χ4n) is 3.80. The Bertz CT molecular complexity index is 1110. The summed E-state index contributed by atoms with van der Waals surface area (Å²) >= 11 is 7.46. The van der Waals surface area contributed by atoms with Crippen LogP contribution in [0.25, 0.3) is 0 Å². The van der Waals surface area contributed by atoms with Crippen LogP contribution in [-0.4, -0.2) is 18.9 Å². The quantitative estimate of drug-likeness (QED) is 0.452. The van der Waals surface area contributed by atoms with Crippen LogP contribution in [0, 0.1) is 0 Å². The summed E-state index contributed by atoms with van der Waals surface area (Å²) in [5.41, 5.74) is 2.69. The first-order chi connectivity index (χ1) is 15.1. The SMILES string of the molecule is COc1ccccc1C(=O)Nc1sc2c(c1C(=O)Nc1ccc(Cl)cc1)CCCCC2. The Labute approximate surface area is 190 Å². The predicted octanol–water partition coefficient (Wildman–Crippen LogP) is 6.18. The topological polar surface area (TPSA) is 67.4 Å². The summed E-state index contributed by atoms with van der Waals surface area (Å²) in [7, 11) is 1.53. The number of nitrogens with one attached hydrogen (secondary N) is 2. The van der Waals surface area contributed by atoms with Crippen molar-refractivity contribution in [2.24, 2.45) is 0 Å². The zero-order valence-electron chi connectivity index (χ0n) is 17.2. The number of para-hydroxylation sites is 1. The molecule has 0 unspecified atom stereocenters. The monoisotopic (exact) mass is 454 g/mol. The average molecular weight is 455 g/mol. The van der Waals surface area contributed by atoms with Crippen LogP contribution in [0.2, 0.25) is 5.02 Å². The maximum Gasteiger partial charge on any atom is 0.260 e. The summed E-state index contributed by atoms with van der Waals surface area (Å²) in [5.74, 6) is -0.0308. The fourth-order valence-corrected chi connectivity index (χ4v) is 5.21. The molecule has 0 atom stereocenters. The number of halogens is 1. The highest BCUT2D eigenvalue weighted by Crippen LogP contribution is 2.38. The van der Waals surface area contributed by atoms with Crippen LogP contribution < -0.4 is 15.4 Å². The molecule has 0 bridgehead atoms. The van der Waals surface area contributed by atoms with Crippen molar-refractivity contribution in [3.63, 3.8) is 0 Å². The standard InChI is InChI=1S/C24H23ClN2O3S/c1-30-19-9-6-5-7-17(19)22(28)27-24-21(18-8-3-2-4-10-20(18)31-24)23(29)26-16-13-11-15(25)12-14-16/h5-7,9,11-14H,2-4,8,10H2,1H3,(H,26,29)(H,27,28). The number of aryl methyl sites for hydroxylation is 1. The molecule has 1 aliphatic rings. The number of fused-ring (bicyclic) bond motifs is 1. The van der Waals surface area contributed by atoms with E-state index in [4.69, 9.17) is 16.3 Å². The van der Waals surface area contributed by atoms with E-state index in [0.29, 0.717) is 32.6 Å². The number of rotatable bonds is 5.